The van der Waals surface area contributed by atoms with E-state index in [1.807, 2.05) is 0 Å². The van der Waals surface area contributed by atoms with E-state index in [9.17, 15) is 24.5 Å². The molecule has 3 amide bonds. The molecule has 1 aromatic heterocycles. The summed E-state index contributed by atoms with van der Waals surface area (Å²) >= 11 is 0. The Hall–Kier alpha value is -4.15. The first kappa shape index (κ1) is 19.6. The lowest BCUT2D eigenvalue weighted by Crippen LogP contribution is -2.30. The molecule has 0 saturated carbocycles. The quantitative estimate of drug-likeness (QED) is 0.255. The van der Waals surface area contributed by atoms with E-state index >= 15 is 0 Å². The zero-order valence-electron chi connectivity index (χ0n) is 15.3. The van der Waals surface area contributed by atoms with Crippen molar-refractivity contribution >= 4 is 29.7 Å². The van der Waals surface area contributed by atoms with E-state index < -0.39 is 22.8 Å². The summed E-state index contributed by atoms with van der Waals surface area (Å²) in [7, 11) is 2.50. The van der Waals surface area contributed by atoms with E-state index in [0.29, 0.717) is 5.56 Å². The smallest absolute Gasteiger partial charge is 0.373 e. The van der Waals surface area contributed by atoms with Crippen molar-refractivity contribution in [2.24, 2.45) is 0 Å². The van der Waals surface area contributed by atoms with Crippen molar-refractivity contribution in [2.45, 2.75) is 6.54 Å². The number of carbonyl (C=O) groups is 3. The summed E-state index contributed by atoms with van der Waals surface area (Å²) in [5.41, 5.74) is -0.00964. The molecule has 29 heavy (non-hydrogen) atoms. The molecule has 2 heterocycles. The number of nitro benzene ring substituents is 1. The van der Waals surface area contributed by atoms with Crippen LogP contribution in [0.1, 0.15) is 21.9 Å². The Labute approximate surface area is 163 Å². The van der Waals surface area contributed by atoms with Crippen LogP contribution in [-0.4, -0.2) is 42.0 Å². The van der Waals surface area contributed by atoms with Gasteiger partial charge in [0.2, 0.25) is 5.76 Å². The van der Waals surface area contributed by atoms with Crippen LogP contribution in [0.5, 0.6) is 5.75 Å². The maximum atomic E-state index is 12.5. The van der Waals surface area contributed by atoms with Crippen molar-refractivity contribution in [3.63, 3.8) is 0 Å². The van der Waals surface area contributed by atoms with E-state index in [1.54, 1.807) is 0 Å². The van der Waals surface area contributed by atoms with Crippen LogP contribution < -0.4 is 10.1 Å². The third kappa shape index (κ3) is 3.93. The van der Waals surface area contributed by atoms with Gasteiger partial charge < -0.3 is 19.2 Å². The maximum absolute atomic E-state index is 12.5. The zero-order valence-corrected chi connectivity index (χ0v) is 15.3. The first-order chi connectivity index (χ1) is 13.8. The van der Waals surface area contributed by atoms with E-state index in [-0.39, 0.29) is 35.2 Å². The van der Waals surface area contributed by atoms with Crippen LogP contribution >= 0.6 is 0 Å². The lowest BCUT2D eigenvalue weighted by molar-refractivity contribution is -0.385. The van der Waals surface area contributed by atoms with Crippen molar-refractivity contribution in [1.82, 2.24) is 10.2 Å². The fourth-order valence-corrected chi connectivity index (χ4v) is 2.65. The molecule has 0 radical (unpaired) electrons. The molecule has 0 bridgehead atoms. The minimum Gasteiger partial charge on any atom is -0.490 e. The number of esters is 1. The standard InChI is InChI=1S/C18H15N3O8/c1-27-14-5-3-10(8-13(14)21(25)26)7-12-16(22)20(18(24)19-12)9-11-4-6-15(29-11)17(23)28-2/h3-8H,9H2,1-2H3,(H,19,24). The minimum absolute atomic E-state index is 0.0594. The van der Waals surface area contributed by atoms with Gasteiger partial charge in [-0.3, -0.25) is 19.8 Å². The number of rotatable bonds is 6. The molecule has 11 heteroatoms. The second kappa shape index (κ2) is 7.84. The highest BCUT2D eigenvalue weighted by Crippen LogP contribution is 2.29. The number of nitrogens with one attached hydrogen (secondary N) is 1. The summed E-state index contributed by atoms with van der Waals surface area (Å²) in [5, 5.41) is 13.5. The highest BCUT2D eigenvalue weighted by molar-refractivity contribution is 6.13. The number of hydrogen-bond donors (Lipinski definition) is 1. The second-order valence-electron chi connectivity index (χ2n) is 5.83. The molecule has 0 spiro atoms. The molecule has 0 unspecified atom stereocenters. The third-order valence-electron chi connectivity index (χ3n) is 4.04. The van der Waals surface area contributed by atoms with Gasteiger partial charge in [0, 0.05) is 6.07 Å². The number of hydrogen-bond acceptors (Lipinski definition) is 8. The van der Waals surface area contributed by atoms with Crippen molar-refractivity contribution in [3.8, 4) is 5.75 Å². The van der Waals surface area contributed by atoms with Crippen LogP contribution in [0.25, 0.3) is 6.08 Å². The maximum Gasteiger partial charge on any atom is 0.373 e. The molecule has 150 valence electrons. The average Bonchev–Trinajstić information content (AvgIpc) is 3.28. The molecular weight excluding hydrogens is 386 g/mol. The minimum atomic E-state index is -0.694. The molecule has 1 saturated heterocycles. The molecule has 0 atom stereocenters. The van der Waals surface area contributed by atoms with Crippen LogP contribution in [0.3, 0.4) is 0 Å². The monoisotopic (exact) mass is 401 g/mol. The largest absolute Gasteiger partial charge is 0.490 e. The van der Waals surface area contributed by atoms with Gasteiger partial charge in [0.15, 0.2) is 5.75 Å². The predicted octanol–water partition coefficient (Wildman–Crippen LogP) is 2.08. The summed E-state index contributed by atoms with van der Waals surface area (Å²) in [5.74, 6) is -1.12. The molecular formula is C18H15N3O8. The fraction of sp³-hybridized carbons (Fsp3) is 0.167. The molecule has 3 rings (SSSR count). The fourth-order valence-electron chi connectivity index (χ4n) is 2.65. The molecule has 1 aliphatic rings. The van der Waals surface area contributed by atoms with Crippen LogP contribution in [0, 0.1) is 10.1 Å². The molecule has 1 N–H and O–H groups in total. The Morgan fingerprint density at radius 3 is 2.69 bits per heavy atom. The Morgan fingerprint density at radius 2 is 2.03 bits per heavy atom. The lowest BCUT2D eigenvalue weighted by Gasteiger charge is -2.09. The van der Waals surface area contributed by atoms with E-state index in [4.69, 9.17) is 9.15 Å². The van der Waals surface area contributed by atoms with Crippen LogP contribution in [0.4, 0.5) is 10.5 Å². The first-order valence-electron chi connectivity index (χ1n) is 8.18. The number of amides is 3. The normalized spacial score (nSPS) is 14.8. The highest BCUT2D eigenvalue weighted by Gasteiger charge is 2.34. The summed E-state index contributed by atoms with van der Waals surface area (Å²) in [6, 6.07) is 6.24. The molecule has 0 aliphatic carbocycles. The number of nitrogens with zero attached hydrogens (tertiary/aromatic N) is 2. The number of ether oxygens (including phenoxy) is 2. The van der Waals surface area contributed by atoms with Gasteiger partial charge in [0.25, 0.3) is 5.91 Å². The molecule has 11 nitrogen and oxygen atoms in total. The van der Waals surface area contributed by atoms with E-state index in [1.165, 1.54) is 50.6 Å². The number of imide groups is 1. The van der Waals surface area contributed by atoms with Crippen molar-refractivity contribution in [2.75, 3.05) is 14.2 Å². The Morgan fingerprint density at radius 1 is 1.28 bits per heavy atom. The van der Waals surface area contributed by atoms with Gasteiger partial charge in [-0.2, -0.15) is 0 Å². The summed E-state index contributed by atoms with van der Waals surface area (Å²) in [4.78, 5) is 47.5. The number of methoxy groups -OCH3 is 2. The summed E-state index contributed by atoms with van der Waals surface area (Å²) in [6.45, 7) is -0.207. The molecule has 1 aliphatic heterocycles. The topological polar surface area (TPSA) is 141 Å². The van der Waals surface area contributed by atoms with Gasteiger partial charge in [-0.15, -0.1) is 0 Å². The average molecular weight is 401 g/mol. The van der Waals surface area contributed by atoms with Crippen molar-refractivity contribution in [1.29, 1.82) is 0 Å². The SMILES string of the molecule is COC(=O)c1ccc(CN2C(=O)NC(=Cc3ccc(OC)c([N+](=O)[O-])c3)C2=O)o1. The molecule has 1 fully saturated rings. The van der Waals surface area contributed by atoms with Gasteiger partial charge in [0.1, 0.15) is 11.5 Å². The third-order valence-corrected chi connectivity index (χ3v) is 4.04. The number of furan rings is 1. The van der Waals surface area contributed by atoms with Gasteiger partial charge in [-0.25, -0.2) is 9.59 Å². The van der Waals surface area contributed by atoms with Gasteiger partial charge in [-0.1, -0.05) is 6.07 Å². The Balaban J connectivity index is 1.81. The van der Waals surface area contributed by atoms with Crippen LogP contribution in [0.2, 0.25) is 0 Å². The molecule has 1 aromatic carbocycles. The van der Waals surface area contributed by atoms with Gasteiger partial charge in [0.05, 0.1) is 25.7 Å². The van der Waals surface area contributed by atoms with E-state index in [2.05, 4.69) is 10.1 Å². The Bertz CT molecular complexity index is 1040. The Kier molecular flexibility index (Phi) is 5.30. The number of nitro groups is 1. The first-order valence-corrected chi connectivity index (χ1v) is 8.18. The van der Waals surface area contributed by atoms with Crippen molar-refractivity contribution in [3.05, 3.63) is 63.2 Å². The number of benzene rings is 1. The number of urea groups is 1. The summed E-state index contributed by atoms with van der Waals surface area (Å²) < 4.78 is 14.7. The van der Waals surface area contributed by atoms with Crippen LogP contribution in [-0.2, 0) is 16.1 Å². The lowest BCUT2D eigenvalue weighted by atomic mass is 10.1. The van der Waals surface area contributed by atoms with Crippen LogP contribution in [0.15, 0.2) is 40.4 Å². The number of carbonyl (C=O) groups excluding carboxylic acids is 3. The van der Waals surface area contributed by atoms with Gasteiger partial charge >= 0.3 is 17.7 Å². The molecule has 2 aromatic rings. The second-order valence-corrected chi connectivity index (χ2v) is 5.83. The highest BCUT2D eigenvalue weighted by atomic mass is 16.6. The predicted molar refractivity (Wildman–Crippen MR) is 96.8 cm³/mol. The van der Waals surface area contributed by atoms with Gasteiger partial charge in [-0.05, 0) is 29.8 Å². The van der Waals surface area contributed by atoms with E-state index in [0.717, 1.165) is 4.90 Å². The van der Waals surface area contributed by atoms with Crippen molar-refractivity contribution < 1.29 is 33.2 Å². The summed E-state index contributed by atoms with van der Waals surface area (Å²) in [6.07, 6.45) is 1.31. The zero-order chi connectivity index (χ0) is 21.1.